The molecular weight excluding hydrogens is 610 g/mol. The number of aryl methyl sites for hydroxylation is 1. The molecule has 1 atom stereocenters. The molecule has 0 amide bonds. The quantitative estimate of drug-likeness (QED) is 0.139. The third-order valence-corrected chi connectivity index (χ3v) is 9.98. The fourth-order valence-electron chi connectivity index (χ4n) is 3.81. The number of hydrogen-bond donors (Lipinski definition) is 0. The Bertz CT molecular complexity index is 847. The van der Waals surface area contributed by atoms with Crippen molar-refractivity contribution >= 4 is 26.6 Å². The Kier molecular flexibility index (Phi) is 11.3. The van der Waals surface area contributed by atoms with Gasteiger partial charge in [-0.05, 0) is 13.8 Å². The van der Waals surface area contributed by atoms with Crippen LogP contribution in [0.3, 0.4) is 0 Å². The summed E-state index contributed by atoms with van der Waals surface area (Å²) in [5.74, 6) is 0.686. The molecule has 2 nitrogen and oxygen atoms in total. The molecule has 0 spiro atoms. The zero-order chi connectivity index (χ0) is 22.9. The summed E-state index contributed by atoms with van der Waals surface area (Å²) >= 11 is 1.64. The molecule has 1 aliphatic rings. The summed E-state index contributed by atoms with van der Waals surface area (Å²) in [5.41, 5.74) is 5.84. The van der Waals surface area contributed by atoms with E-state index in [0.717, 1.165) is 19.3 Å². The maximum atomic E-state index is 11.2. The average Bonchev–Trinajstić information content (AvgIpc) is 2.67. The van der Waals surface area contributed by atoms with Crippen LogP contribution in [-0.2, 0) is 6.42 Å². The first-order valence-corrected chi connectivity index (χ1v) is 14.5. The van der Waals surface area contributed by atoms with Gasteiger partial charge in [-0.1, -0.05) is 5.57 Å². The Hall–Kier alpha value is -0.630. The topological polar surface area (TPSA) is 26.3 Å². The molecule has 1 aliphatic heterocycles. The van der Waals surface area contributed by atoms with Crippen LogP contribution in [0, 0.1) is 3.57 Å². The van der Waals surface area contributed by atoms with Crippen LogP contribution in [0.4, 0.5) is 4.79 Å². The van der Waals surface area contributed by atoms with Crippen molar-refractivity contribution in [2.75, 3.05) is 0 Å². The Morgan fingerprint density at radius 1 is 1.06 bits per heavy atom. The van der Waals surface area contributed by atoms with Crippen molar-refractivity contribution < 1.29 is 30.7 Å². The normalized spacial score (nSPS) is 19.3. The zero-order valence-electron chi connectivity index (χ0n) is 19.7. The van der Waals surface area contributed by atoms with Crippen molar-refractivity contribution in [2.24, 2.45) is 0 Å². The van der Waals surface area contributed by atoms with Crippen LogP contribution in [-0.4, -0.2) is 7.40 Å². The molecule has 0 saturated heterocycles. The van der Waals surface area contributed by atoms with E-state index in [0.29, 0.717) is 9.17 Å². The molecule has 0 unspecified atom stereocenters. The van der Waals surface area contributed by atoms with Crippen LogP contribution < -0.4 is 25.9 Å². The second kappa shape index (κ2) is 13.2. The van der Waals surface area contributed by atoms with Crippen LogP contribution in [0.5, 0.6) is 5.75 Å². The van der Waals surface area contributed by atoms with Crippen molar-refractivity contribution in [2.45, 2.75) is 89.4 Å². The van der Waals surface area contributed by atoms with Crippen LogP contribution in [0.25, 0.3) is 0 Å². The van der Waals surface area contributed by atoms with E-state index in [1.165, 1.54) is 58.0 Å². The molecule has 1 aromatic rings. The molecule has 31 heavy (non-hydrogen) atoms. The second-order valence-corrected chi connectivity index (χ2v) is 14.3. The molecule has 0 radical (unpaired) electrons. The molecule has 0 aliphatic carbocycles. The summed E-state index contributed by atoms with van der Waals surface area (Å²) in [7, 11) is 0. The van der Waals surface area contributed by atoms with Gasteiger partial charge in [-0.15, -0.1) is 0 Å². The number of carbonyl (C=O) groups is 1. The van der Waals surface area contributed by atoms with Crippen molar-refractivity contribution in [1.29, 1.82) is 0 Å². The number of hydrogen-bond acceptors (Lipinski definition) is 2. The summed E-state index contributed by atoms with van der Waals surface area (Å²) in [6, 6.07) is 6.23. The van der Waals surface area contributed by atoms with E-state index in [-0.39, 0.29) is 25.2 Å². The van der Waals surface area contributed by atoms with Gasteiger partial charge in [0, 0.05) is 0 Å². The average molecular weight is 647 g/mol. The van der Waals surface area contributed by atoms with Crippen molar-refractivity contribution in [1.82, 2.24) is 0 Å². The van der Waals surface area contributed by atoms with Gasteiger partial charge in [-0.2, -0.15) is 0 Å². The van der Waals surface area contributed by atoms with Gasteiger partial charge in [0.1, 0.15) is 0 Å². The van der Waals surface area contributed by atoms with E-state index in [4.69, 9.17) is 4.74 Å². The van der Waals surface area contributed by atoms with Gasteiger partial charge in [0.25, 0.3) is 0 Å². The minimum atomic E-state index is -0.274. The van der Waals surface area contributed by atoms with Crippen molar-refractivity contribution in [3.63, 3.8) is 0 Å². The molecule has 1 aromatic carbocycles. The van der Waals surface area contributed by atoms with Crippen LogP contribution >= 0.6 is 22.6 Å². The number of halogens is 2. The standard InChI is InChI=1S/C27H37I2O2/c1-20(2)9-6-10-21(3)11-7-12-22(4)13-8-17-27(5)18-16-23-19-24(31-26(28)30)14-15-25(23)29-27/h9,11,13-15,19H,6-8,10,12,16-18H2,1-5H3/q-1/b21-11+,22-13+/t27-/m1/s1. The predicted octanol–water partition coefficient (Wildman–Crippen LogP) is 5.78. The van der Waals surface area contributed by atoms with Gasteiger partial charge < -0.3 is 0 Å². The molecular formula is C27H37I2O2-. The van der Waals surface area contributed by atoms with Gasteiger partial charge in [0.15, 0.2) is 0 Å². The monoisotopic (exact) mass is 647 g/mol. The van der Waals surface area contributed by atoms with Crippen LogP contribution in [0.15, 0.2) is 53.1 Å². The number of fused-ring (bicyclic) bond motifs is 1. The molecule has 4 heteroatoms. The van der Waals surface area contributed by atoms with Gasteiger partial charge in [0.2, 0.25) is 0 Å². The summed E-state index contributed by atoms with van der Waals surface area (Å²) < 4.78 is 6.96. The molecule has 0 bridgehead atoms. The fraction of sp³-hybridized carbons (Fsp3) is 0.519. The molecule has 2 rings (SSSR count). The fourth-order valence-corrected chi connectivity index (χ4v) is 7.72. The zero-order valence-corrected chi connectivity index (χ0v) is 24.0. The van der Waals surface area contributed by atoms with Crippen molar-refractivity contribution in [3.05, 3.63) is 62.3 Å². The van der Waals surface area contributed by atoms with E-state index < -0.39 is 0 Å². The minimum absolute atomic E-state index is 0.0382. The first-order valence-electron chi connectivity index (χ1n) is 11.3. The molecule has 0 N–H and O–H groups in total. The van der Waals surface area contributed by atoms with E-state index in [2.05, 4.69) is 65.0 Å². The van der Waals surface area contributed by atoms with Gasteiger partial charge in [-0.3, -0.25) is 0 Å². The van der Waals surface area contributed by atoms with E-state index in [1.54, 1.807) is 22.6 Å². The third kappa shape index (κ3) is 10.2. The van der Waals surface area contributed by atoms with Gasteiger partial charge in [-0.25, -0.2) is 0 Å². The van der Waals surface area contributed by atoms with Crippen LogP contribution in [0.1, 0.15) is 85.1 Å². The molecule has 0 saturated carbocycles. The third-order valence-electron chi connectivity index (χ3n) is 5.74. The molecule has 172 valence electrons. The first kappa shape index (κ1) is 26.6. The molecule has 1 heterocycles. The number of ether oxygens (including phenoxy) is 1. The maximum absolute atomic E-state index is 11.2. The summed E-state index contributed by atoms with van der Waals surface area (Å²) in [4.78, 5) is 11.2. The molecule has 0 fully saturated rings. The second-order valence-electron chi connectivity index (χ2n) is 9.10. The summed E-state index contributed by atoms with van der Waals surface area (Å²) in [6.45, 7) is 11.4. The number of allylic oxidation sites excluding steroid dienone is 6. The first-order chi connectivity index (χ1) is 14.7. The SMILES string of the molecule is CC(C)=CCC/C(C)=C/CC/C(C)=C/CC[C@]1(C)CCc2cc(OC(=O)I)ccc2[I-]1. The van der Waals surface area contributed by atoms with Gasteiger partial charge >= 0.3 is 195 Å². The number of alkyl halides is 1. The number of benzene rings is 1. The van der Waals surface area contributed by atoms with E-state index in [1.807, 2.05) is 6.07 Å². The van der Waals surface area contributed by atoms with Crippen molar-refractivity contribution in [3.8, 4) is 5.75 Å². The Morgan fingerprint density at radius 3 is 2.35 bits per heavy atom. The number of rotatable bonds is 10. The number of carbonyl (C=O) groups excluding carboxylic acids is 1. The Morgan fingerprint density at radius 2 is 1.71 bits per heavy atom. The molecule has 0 aromatic heterocycles. The summed E-state index contributed by atoms with van der Waals surface area (Å²) in [5, 5.41) is 0. The Labute approximate surface area is 213 Å². The van der Waals surface area contributed by atoms with E-state index >= 15 is 0 Å². The van der Waals surface area contributed by atoms with Crippen LogP contribution in [0.2, 0.25) is 0 Å². The predicted molar refractivity (Wildman–Crippen MR) is 137 cm³/mol. The Balaban J connectivity index is 1.78. The van der Waals surface area contributed by atoms with E-state index in [9.17, 15) is 4.79 Å². The summed E-state index contributed by atoms with van der Waals surface area (Å²) in [6.07, 6.45) is 16.7. The van der Waals surface area contributed by atoms with Gasteiger partial charge in [0.05, 0.1) is 0 Å².